The van der Waals surface area contributed by atoms with E-state index in [4.69, 9.17) is 16.3 Å². The average molecular weight is 292 g/mol. The van der Waals surface area contributed by atoms with E-state index in [0.29, 0.717) is 11.6 Å². The first-order valence-electron chi connectivity index (χ1n) is 6.46. The van der Waals surface area contributed by atoms with Gasteiger partial charge in [-0.05, 0) is 19.1 Å². The van der Waals surface area contributed by atoms with Crippen LogP contribution >= 0.6 is 11.6 Å². The summed E-state index contributed by atoms with van der Waals surface area (Å²) in [4.78, 5) is 0. The van der Waals surface area contributed by atoms with Crippen LogP contribution in [0.3, 0.4) is 0 Å². The van der Waals surface area contributed by atoms with E-state index >= 15 is 0 Å². The molecule has 0 saturated heterocycles. The van der Waals surface area contributed by atoms with Crippen LogP contribution < -0.4 is 10.1 Å². The van der Waals surface area contributed by atoms with Gasteiger partial charge in [0, 0.05) is 23.7 Å². The molecule has 2 rings (SSSR count). The van der Waals surface area contributed by atoms with Gasteiger partial charge in [-0.2, -0.15) is 0 Å². The molecule has 0 aliphatic rings. The highest BCUT2D eigenvalue weighted by Gasteiger charge is 2.11. The summed E-state index contributed by atoms with van der Waals surface area (Å²) in [5.41, 5.74) is 1.86. The molecule has 2 aromatic rings. The highest BCUT2D eigenvalue weighted by atomic mass is 35.5. The van der Waals surface area contributed by atoms with Gasteiger partial charge in [0.2, 0.25) is 0 Å². The van der Waals surface area contributed by atoms with Crippen molar-refractivity contribution in [2.75, 3.05) is 7.11 Å². The van der Waals surface area contributed by atoms with Gasteiger partial charge >= 0.3 is 0 Å². The highest BCUT2D eigenvalue weighted by molar-refractivity contribution is 6.32. The Kier molecular flexibility index (Phi) is 4.88. The molecule has 0 bridgehead atoms. The van der Waals surface area contributed by atoms with Crippen LogP contribution in [0.25, 0.3) is 0 Å². The Morgan fingerprint density at radius 1 is 1.20 bits per heavy atom. The zero-order valence-corrected chi connectivity index (χ0v) is 12.3. The molecule has 106 valence electrons. The smallest absolute Gasteiger partial charge is 0.138 e. The van der Waals surface area contributed by atoms with Gasteiger partial charge in [-0.1, -0.05) is 41.9 Å². The van der Waals surface area contributed by atoms with Gasteiger partial charge in [0.05, 0.1) is 12.1 Å². The van der Waals surface area contributed by atoms with Crippen molar-refractivity contribution in [1.29, 1.82) is 0 Å². The molecule has 4 heteroatoms. The lowest BCUT2D eigenvalue weighted by Crippen LogP contribution is -2.18. The number of rotatable bonds is 5. The Labute approximate surface area is 124 Å². The zero-order valence-electron chi connectivity index (χ0n) is 11.6. The maximum Gasteiger partial charge on any atom is 0.138 e. The first-order chi connectivity index (χ1) is 9.63. The molecule has 1 atom stereocenters. The zero-order chi connectivity index (χ0) is 14.5. The Bertz CT molecular complexity index is 586. The van der Waals surface area contributed by atoms with Gasteiger partial charge in [-0.25, -0.2) is 0 Å². The summed E-state index contributed by atoms with van der Waals surface area (Å²) in [5, 5.41) is 13.6. The van der Waals surface area contributed by atoms with Crippen molar-refractivity contribution < 1.29 is 9.84 Å². The average Bonchev–Trinajstić information content (AvgIpc) is 2.48. The first-order valence-corrected chi connectivity index (χ1v) is 6.84. The summed E-state index contributed by atoms with van der Waals surface area (Å²) >= 11 is 5.90. The standard InChI is InChI=1S/C16H18ClNO2/c1-11(13-7-3-4-9-15(13)20-2)18-10-12-6-5-8-14(17)16(12)19/h3-9,11,18-19H,10H2,1-2H3/t11-/m1/s1. The van der Waals surface area contributed by atoms with E-state index in [1.807, 2.05) is 36.4 Å². The normalized spacial score (nSPS) is 12.2. The van der Waals surface area contributed by atoms with Gasteiger partial charge in [0.15, 0.2) is 0 Å². The molecule has 2 aromatic carbocycles. The van der Waals surface area contributed by atoms with Gasteiger partial charge in [0.1, 0.15) is 11.5 Å². The summed E-state index contributed by atoms with van der Waals surface area (Å²) < 4.78 is 5.35. The molecular weight excluding hydrogens is 274 g/mol. The van der Waals surface area contributed by atoms with Crippen molar-refractivity contribution in [3.63, 3.8) is 0 Å². The van der Waals surface area contributed by atoms with Gasteiger partial charge in [-0.3, -0.25) is 0 Å². The molecule has 2 N–H and O–H groups in total. The van der Waals surface area contributed by atoms with Crippen molar-refractivity contribution in [3.05, 3.63) is 58.6 Å². The molecule has 0 saturated carbocycles. The van der Waals surface area contributed by atoms with Crippen LogP contribution in [0.1, 0.15) is 24.1 Å². The Hall–Kier alpha value is -1.71. The number of phenolic OH excluding ortho intramolecular Hbond substituents is 1. The number of methoxy groups -OCH3 is 1. The molecule has 20 heavy (non-hydrogen) atoms. The van der Waals surface area contributed by atoms with Crippen LogP contribution in [0.2, 0.25) is 5.02 Å². The fourth-order valence-electron chi connectivity index (χ4n) is 2.10. The summed E-state index contributed by atoms with van der Waals surface area (Å²) in [6.07, 6.45) is 0. The van der Waals surface area contributed by atoms with Crippen LogP contribution in [0.15, 0.2) is 42.5 Å². The van der Waals surface area contributed by atoms with Crippen LogP contribution in [0.4, 0.5) is 0 Å². The fourth-order valence-corrected chi connectivity index (χ4v) is 2.29. The quantitative estimate of drug-likeness (QED) is 0.878. The fraction of sp³-hybridized carbons (Fsp3) is 0.250. The Morgan fingerprint density at radius 2 is 1.95 bits per heavy atom. The minimum atomic E-state index is 0.101. The van der Waals surface area contributed by atoms with Crippen LogP contribution in [-0.4, -0.2) is 12.2 Å². The lowest BCUT2D eigenvalue weighted by Gasteiger charge is -2.17. The molecule has 0 fully saturated rings. The lowest BCUT2D eigenvalue weighted by atomic mass is 10.1. The second-order valence-electron chi connectivity index (χ2n) is 4.59. The second-order valence-corrected chi connectivity index (χ2v) is 5.00. The number of ether oxygens (including phenoxy) is 1. The molecule has 0 radical (unpaired) electrons. The van der Waals surface area contributed by atoms with Gasteiger partial charge in [0.25, 0.3) is 0 Å². The molecule has 0 aromatic heterocycles. The Morgan fingerprint density at radius 3 is 2.70 bits per heavy atom. The lowest BCUT2D eigenvalue weighted by molar-refractivity contribution is 0.401. The molecule has 0 amide bonds. The molecule has 0 heterocycles. The number of hydrogen-bond donors (Lipinski definition) is 2. The maximum absolute atomic E-state index is 9.89. The van der Waals surface area contributed by atoms with Gasteiger partial charge in [-0.15, -0.1) is 0 Å². The van der Waals surface area contributed by atoms with Crippen molar-refractivity contribution in [2.45, 2.75) is 19.5 Å². The van der Waals surface area contributed by atoms with Crippen LogP contribution in [-0.2, 0) is 6.54 Å². The maximum atomic E-state index is 9.89. The summed E-state index contributed by atoms with van der Waals surface area (Å²) in [6.45, 7) is 2.59. The van der Waals surface area contributed by atoms with Gasteiger partial charge < -0.3 is 15.2 Å². The number of nitrogens with one attached hydrogen (secondary N) is 1. The van der Waals surface area contributed by atoms with E-state index in [0.717, 1.165) is 16.9 Å². The molecular formula is C16H18ClNO2. The number of hydrogen-bond acceptors (Lipinski definition) is 3. The minimum Gasteiger partial charge on any atom is -0.506 e. The molecule has 0 aliphatic heterocycles. The van der Waals surface area contributed by atoms with Crippen LogP contribution in [0, 0.1) is 0 Å². The third-order valence-electron chi connectivity index (χ3n) is 3.27. The van der Waals surface area contributed by atoms with E-state index in [2.05, 4.69) is 12.2 Å². The first kappa shape index (κ1) is 14.7. The van der Waals surface area contributed by atoms with E-state index in [9.17, 15) is 5.11 Å². The SMILES string of the molecule is COc1ccccc1[C@@H](C)NCc1cccc(Cl)c1O. The van der Waals surface area contributed by atoms with E-state index in [-0.39, 0.29) is 11.8 Å². The summed E-state index contributed by atoms with van der Waals surface area (Å²) in [5.74, 6) is 0.983. The minimum absolute atomic E-state index is 0.101. The third-order valence-corrected chi connectivity index (χ3v) is 3.58. The molecule has 0 aliphatic carbocycles. The summed E-state index contributed by atoms with van der Waals surface area (Å²) in [6, 6.07) is 13.3. The number of phenols is 1. The summed E-state index contributed by atoms with van der Waals surface area (Å²) in [7, 11) is 1.66. The number of aromatic hydroxyl groups is 1. The Balaban J connectivity index is 2.09. The largest absolute Gasteiger partial charge is 0.506 e. The van der Waals surface area contributed by atoms with E-state index in [1.165, 1.54) is 0 Å². The van der Waals surface area contributed by atoms with E-state index in [1.54, 1.807) is 13.2 Å². The van der Waals surface area contributed by atoms with Crippen molar-refractivity contribution in [1.82, 2.24) is 5.32 Å². The molecule has 0 spiro atoms. The molecule has 3 nitrogen and oxygen atoms in total. The van der Waals surface area contributed by atoms with Crippen molar-refractivity contribution in [3.8, 4) is 11.5 Å². The number of benzene rings is 2. The topological polar surface area (TPSA) is 41.5 Å². The van der Waals surface area contributed by atoms with Crippen molar-refractivity contribution >= 4 is 11.6 Å². The number of para-hydroxylation sites is 2. The molecule has 0 unspecified atom stereocenters. The number of halogens is 1. The predicted octanol–water partition coefficient (Wildman–Crippen LogP) is 3.91. The predicted molar refractivity (Wildman–Crippen MR) is 81.4 cm³/mol. The second kappa shape index (κ2) is 6.64. The van der Waals surface area contributed by atoms with Crippen LogP contribution in [0.5, 0.6) is 11.5 Å². The van der Waals surface area contributed by atoms with E-state index < -0.39 is 0 Å². The van der Waals surface area contributed by atoms with Crippen molar-refractivity contribution in [2.24, 2.45) is 0 Å². The third kappa shape index (κ3) is 3.24. The monoisotopic (exact) mass is 291 g/mol. The highest BCUT2D eigenvalue weighted by Crippen LogP contribution is 2.28.